The molecule has 2 heteroatoms. The van der Waals surface area contributed by atoms with Crippen LogP contribution in [0.25, 0.3) is 0 Å². The second-order valence-corrected chi connectivity index (χ2v) is 6.63. The van der Waals surface area contributed by atoms with Gasteiger partial charge in [0, 0.05) is 11.5 Å². The second kappa shape index (κ2) is 6.74. The second-order valence-electron chi connectivity index (χ2n) is 6.63. The first kappa shape index (κ1) is 16.2. The molecule has 0 saturated carbocycles. The minimum Gasteiger partial charge on any atom is -0.392 e. The molecule has 1 N–H and O–H groups in total. The zero-order valence-corrected chi connectivity index (χ0v) is 13.6. The van der Waals surface area contributed by atoms with Crippen LogP contribution in [0.5, 0.6) is 0 Å². The third kappa shape index (κ3) is 3.06. The van der Waals surface area contributed by atoms with Crippen LogP contribution in [-0.2, 0) is 6.42 Å². The summed E-state index contributed by atoms with van der Waals surface area (Å²) in [5, 5.41) is 11.0. The Morgan fingerprint density at radius 3 is 2.76 bits per heavy atom. The smallest absolute Gasteiger partial charge is 0.150 e. The van der Waals surface area contributed by atoms with Crippen LogP contribution in [0, 0.1) is 5.41 Å². The quantitative estimate of drug-likeness (QED) is 0.640. The highest BCUT2D eigenvalue weighted by Gasteiger charge is 2.41. The number of aliphatic hydroxyl groups excluding tert-OH is 1. The summed E-state index contributed by atoms with van der Waals surface area (Å²) in [4.78, 5) is 11.0. The van der Waals surface area contributed by atoms with Gasteiger partial charge in [0.2, 0.25) is 0 Å². The van der Waals surface area contributed by atoms with Gasteiger partial charge in [-0.2, -0.15) is 0 Å². The van der Waals surface area contributed by atoms with E-state index in [-0.39, 0.29) is 17.4 Å². The molecule has 0 fully saturated rings. The summed E-state index contributed by atoms with van der Waals surface area (Å²) < 4.78 is 0. The lowest BCUT2D eigenvalue weighted by Crippen LogP contribution is -2.37. The molecule has 2 rings (SSSR count). The Morgan fingerprint density at radius 1 is 1.38 bits per heavy atom. The van der Waals surface area contributed by atoms with Crippen molar-refractivity contribution < 1.29 is 9.90 Å². The lowest BCUT2D eigenvalue weighted by atomic mass is 9.69. The maximum Gasteiger partial charge on any atom is 0.150 e. The monoisotopic (exact) mass is 288 g/mol. The average molecular weight is 288 g/mol. The van der Waals surface area contributed by atoms with Gasteiger partial charge in [0.1, 0.15) is 6.29 Å². The Labute approximate surface area is 128 Å². The first-order valence-electron chi connectivity index (χ1n) is 8.34. The van der Waals surface area contributed by atoms with E-state index >= 15 is 0 Å². The number of aldehydes is 1. The fourth-order valence-corrected chi connectivity index (χ4v) is 3.93. The number of unbranched alkanes of at least 4 members (excludes halogenated alkanes) is 1. The first-order chi connectivity index (χ1) is 10.1. The van der Waals surface area contributed by atoms with Gasteiger partial charge in [-0.15, -0.1) is 0 Å². The molecule has 0 aromatic heterocycles. The normalized spacial score (nSPS) is 28.8. The average Bonchev–Trinajstić information content (AvgIpc) is 2.63. The van der Waals surface area contributed by atoms with Crippen LogP contribution in [0.2, 0.25) is 0 Å². The Kier molecular flexibility index (Phi) is 5.21. The third-order valence-electron chi connectivity index (χ3n) is 5.52. The van der Waals surface area contributed by atoms with Crippen LogP contribution >= 0.6 is 0 Å². The van der Waals surface area contributed by atoms with Gasteiger partial charge in [-0.3, -0.25) is 4.79 Å². The van der Waals surface area contributed by atoms with Crippen molar-refractivity contribution in [3.8, 4) is 0 Å². The highest BCUT2D eigenvalue weighted by atomic mass is 16.3. The Bertz CT molecular complexity index is 494. The molecule has 21 heavy (non-hydrogen) atoms. The zero-order valence-electron chi connectivity index (χ0n) is 13.6. The van der Waals surface area contributed by atoms with E-state index in [1.807, 2.05) is 12.1 Å². The highest BCUT2D eigenvalue weighted by molar-refractivity contribution is 5.75. The van der Waals surface area contributed by atoms with Crippen LogP contribution in [0.1, 0.15) is 80.3 Å². The summed E-state index contributed by atoms with van der Waals surface area (Å²) in [7, 11) is 0. The van der Waals surface area contributed by atoms with E-state index in [1.54, 1.807) is 0 Å². The third-order valence-corrected chi connectivity index (χ3v) is 5.52. The summed E-state index contributed by atoms with van der Waals surface area (Å²) in [6.07, 6.45) is 7.09. The standard InChI is InChI=1S/C19H28O2/c1-4-6-10-19(5-2)11-9-16-8-7-15(13-20)12-17(16)14(3)18(19)21/h7-8,12-14,18,21H,4-6,9-11H2,1-3H3/t14-,18-,19-/m1/s1. The van der Waals surface area contributed by atoms with E-state index in [2.05, 4.69) is 26.8 Å². The van der Waals surface area contributed by atoms with Crippen molar-refractivity contribution in [1.29, 1.82) is 0 Å². The predicted molar refractivity (Wildman–Crippen MR) is 86.8 cm³/mol. The Morgan fingerprint density at radius 2 is 2.14 bits per heavy atom. The molecule has 0 unspecified atom stereocenters. The van der Waals surface area contributed by atoms with Crippen molar-refractivity contribution in [2.75, 3.05) is 0 Å². The molecular weight excluding hydrogens is 260 g/mol. The Balaban J connectivity index is 2.37. The van der Waals surface area contributed by atoms with Crippen LogP contribution < -0.4 is 0 Å². The van der Waals surface area contributed by atoms with Crippen molar-refractivity contribution in [2.24, 2.45) is 5.41 Å². The van der Waals surface area contributed by atoms with Crippen molar-refractivity contribution in [3.05, 3.63) is 34.9 Å². The number of aliphatic hydroxyl groups is 1. The van der Waals surface area contributed by atoms with Crippen molar-refractivity contribution >= 4 is 6.29 Å². The molecule has 0 bridgehead atoms. The van der Waals surface area contributed by atoms with Gasteiger partial charge in [-0.1, -0.05) is 45.7 Å². The van der Waals surface area contributed by atoms with Crippen LogP contribution in [0.3, 0.4) is 0 Å². The number of hydrogen-bond donors (Lipinski definition) is 1. The number of benzene rings is 1. The molecule has 0 radical (unpaired) electrons. The number of aryl methyl sites for hydroxylation is 1. The molecule has 2 nitrogen and oxygen atoms in total. The van der Waals surface area contributed by atoms with Gasteiger partial charge in [0.15, 0.2) is 0 Å². The van der Waals surface area contributed by atoms with Crippen LogP contribution in [0.4, 0.5) is 0 Å². The van der Waals surface area contributed by atoms with Gasteiger partial charge in [-0.25, -0.2) is 0 Å². The maximum atomic E-state index is 11.0. The molecule has 116 valence electrons. The van der Waals surface area contributed by atoms with Crippen molar-refractivity contribution in [1.82, 2.24) is 0 Å². The first-order valence-corrected chi connectivity index (χ1v) is 8.34. The van der Waals surface area contributed by atoms with Gasteiger partial charge in [0.05, 0.1) is 6.10 Å². The molecule has 1 aliphatic rings. The van der Waals surface area contributed by atoms with Crippen molar-refractivity contribution in [2.45, 2.75) is 71.3 Å². The molecule has 3 atom stereocenters. The lowest BCUT2D eigenvalue weighted by Gasteiger charge is -2.39. The SMILES string of the molecule is CCCC[C@]1(CC)CCc2ccc(C=O)cc2[C@@H](C)[C@H]1O. The minimum absolute atomic E-state index is 0.0236. The summed E-state index contributed by atoms with van der Waals surface area (Å²) in [5.41, 5.74) is 3.21. The van der Waals surface area contributed by atoms with E-state index in [9.17, 15) is 9.90 Å². The number of hydrogen-bond acceptors (Lipinski definition) is 2. The number of carbonyl (C=O) groups excluding carboxylic acids is 1. The molecular formula is C19H28O2. The molecule has 0 spiro atoms. The summed E-state index contributed by atoms with van der Waals surface area (Å²) in [6, 6.07) is 5.95. The summed E-state index contributed by atoms with van der Waals surface area (Å²) in [5.74, 6) is 0.0965. The van der Waals surface area contributed by atoms with Gasteiger partial charge in [-0.05, 0) is 48.3 Å². The number of fused-ring (bicyclic) bond motifs is 1. The molecule has 1 aromatic rings. The van der Waals surface area contributed by atoms with Crippen LogP contribution in [0.15, 0.2) is 18.2 Å². The Hall–Kier alpha value is -1.15. The number of rotatable bonds is 5. The van der Waals surface area contributed by atoms with Gasteiger partial charge >= 0.3 is 0 Å². The van der Waals surface area contributed by atoms with Gasteiger partial charge < -0.3 is 5.11 Å². The zero-order chi connectivity index (χ0) is 15.5. The van der Waals surface area contributed by atoms with E-state index < -0.39 is 0 Å². The van der Waals surface area contributed by atoms with Gasteiger partial charge in [0.25, 0.3) is 0 Å². The summed E-state index contributed by atoms with van der Waals surface area (Å²) >= 11 is 0. The summed E-state index contributed by atoms with van der Waals surface area (Å²) in [6.45, 7) is 6.53. The van der Waals surface area contributed by atoms with E-state index in [1.165, 1.54) is 24.0 Å². The molecule has 1 aliphatic carbocycles. The number of carbonyl (C=O) groups is 1. The fraction of sp³-hybridized carbons (Fsp3) is 0.632. The minimum atomic E-state index is -0.322. The topological polar surface area (TPSA) is 37.3 Å². The van der Waals surface area contributed by atoms with Crippen LogP contribution in [-0.4, -0.2) is 17.5 Å². The predicted octanol–water partition coefficient (Wildman–Crippen LogP) is 4.50. The molecule has 0 saturated heterocycles. The van der Waals surface area contributed by atoms with E-state index in [0.717, 1.165) is 32.0 Å². The fourth-order valence-electron chi connectivity index (χ4n) is 3.93. The van der Waals surface area contributed by atoms with Crippen molar-refractivity contribution in [3.63, 3.8) is 0 Å². The lowest BCUT2D eigenvalue weighted by molar-refractivity contribution is -0.00586. The maximum absolute atomic E-state index is 11.0. The highest BCUT2D eigenvalue weighted by Crippen LogP contribution is 2.46. The molecule has 0 amide bonds. The largest absolute Gasteiger partial charge is 0.392 e. The van der Waals surface area contributed by atoms with E-state index in [4.69, 9.17) is 0 Å². The molecule has 0 aliphatic heterocycles. The van der Waals surface area contributed by atoms with E-state index in [0.29, 0.717) is 5.56 Å². The molecule has 1 aromatic carbocycles. The molecule has 0 heterocycles.